The van der Waals surface area contributed by atoms with Gasteiger partial charge in [0.25, 0.3) is 0 Å². The maximum atomic E-state index is 12.4. The molecule has 1 aliphatic rings. The largest absolute Gasteiger partial charge is 0.480 e. The molecule has 0 radical (unpaired) electrons. The van der Waals surface area contributed by atoms with Gasteiger partial charge in [0, 0.05) is 20.8 Å². The van der Waals surface area contributed by atoms with E-state index in [1.54, 1.807) is 0 Å². The number of aliphatic hydroxyl groups is 1. The first-order chi connectivity index (χ1) is 17.9. The van der Waals surface area contributed by atoms with E-state index in [0.717, 1.165) is 27.1 Å². The molecule has 0 spiro atoms. The molecule has 2 aromatic rings. The second-order valence-corrected chi connectivity index (χ2v) is 8.22. The Balaban J connectivity index is 1.95. The van der Waals surface area contributed by atoms with Crippen molar-refractivity contribution in [3.05, 3.63) is 12.7 Å². The second kappa shape index (κ2) is 11.8. The zero-order chi connectivity index (χ0) is 28.1. The van der Waals surface area contributed by atoms with Gasteiger partial charge in [-0.15, -0.1) is 0 Å². The quantitative estimate of drug-likeness (QED) is 0.236. The Labute approximate surface area is 214 Å². The van der Waals surface area contributed by atoms with Crippen molar-refractivity contribution in [2.45, 2.75) is 64.4 Å². The van der Waals surface area contributed by atoms with Crippen molar-refractivity contribution < 1.29 is 53.1 Å². The number of aliphatic hydroxyl groups excluding tert-OH is 1. The molecule has 6 atom stereocenters. The second-order valence-electron chi connectivity index (χ2n) is 8.22. The average molecular weight is 538 g/mol. The molecule has 1 aliphatic heterocycles. The number of hydrogen-bond acceptors (Lipinski definition) is 13. The van der Waals surface area contributed by atoms with Crippen molar-refractivity contribution in [1.82, 2.24) is 24.8 Å². The van der Waals surface area contributed by atoms with Gasteiger partial charge in [0.05, 0.1) is 19.0 Å². The molecular formula is C21H26N6O11. The zero-order valence-corrected chi connectivity index (χ0v) is 20.7. The fraction of sp³-hybridized carbons (Fsp3) is 0.524. The van der Waals surface area contributed by atoms with Gasteiger partial charge in [-0.3, -0.25) is 24.3 Å². The van der Waals surface area contributed by atoms with E-state index in [-0.39, 0.29) is 23.6 Å². The van der Waals surface area contributed by atoms with E-state index in [9.17, 15) is 29.1 Å². The Morgan fingerprint density at radius 3 is 2.24 bits per heavy atom. The van der Waals surface area contributed by atoms with Crippen molar-refractivity contribution in [3.8, 4) is 0 Å². The van der Waals surface area contributed by atoms with Crippen LogP contribution in [0.3, 0.4) is 0 Å². The molecule has 3 heterocycles. The van der Waals surface area contributed by atoms with Gasteiger partial charge in [0.2, 0.25) is 0 Å². The number of aliphatic carboxylic acids is 1. The molecule has 1 saturated heterocycles. The van der Waals surface area contributed by atoms with Crippen LogP contribution >= 0.6 is 0 Å². The van der Waals surface area contributed by atoms with E-state index in [4.69, 9.17) is 24.1 Å². The summed E-state index contributed by atoms with van der Waals surface area (Å²) in [5.41, 5.74) is 0.137. The molecule has 0 bridgehead atoms. The number of hydrogen-bond donors (Lipinski definition) is 4. The van der Waals surface area contributed by atoms with Crippen molar-refractivity contribution >= 4 is 46.9 Å². The van der Waals surface area contributed by atoms with Crippen molar-refractivity contribution in [3.63, 3.8) is 0 Å². The lowest BCUT2D eigenvalue weighted by atomic mass is 10.0. The third-order valence-corrected chi connectivity index (χ3v) is 5.22. The molecule has 206 valence electrons. The number of urea groups is 1. The van der Waals surface area contributed by atoms with Crippen LogP contribution in [0.15, 0.2) is 12.7 Å². The number of anilines is 1. The number of amides is 2. The van der Waals surface area contributed by atoms with Crippen LogP contribution in [0.1, 0.15) is 33.9 Å². The van der Waals surface area contributed by atoms with E-state index in [0.29, 0.717) is 0 Å². The average Bonchev–Trinajstić information content (AvgIpc) is 3.23. The number of carbonyl (C=O) groups excluding carboxylic acids is 4. The van der Waals surface area contributed by atoms with Crippen LogP contribution in [-0.4, -0.2) is 96.7 Å². The number of carbonyl (C=O) groups is 5. The molecule has 17 nitrogen and oxygen atoms in total. The summed E-state index contributed by atoms with van der Waals surface area (Å²) >= 11 is 0. The van der Waals surface area contributed by atoms with Gasteiger partial charge < -0.3 is 34.5 Å². The smallest absolute Gasteiger partial charge is 0.328 e. The predicted molar refractivity (Wildman–Crippen MR) is 122 cm³/mol. The van der Waals surface area contributed by atoms with Crippen molar-refractivity contribution in [2.24, 2.45) is 0 Å². The number of esters is 3. The number of nitrogens with zero attached hydrogens (tertiary/aromatic N) is 4. The highest BCUT2D eigenvalue weighted by Crippen LogP contribution is 2.33. The Hall–Kier alpha value is -4.38. The van der Waals surface area contributed by atoms with Crippen LogP contribution in [0.25, 0.3) is 11.2 Å². The summed E-state index contributed by atoms with van der Waals surface area (Å²) in [5, 5.41) is 23.2. The van der Waals surface area contributed by atoms with E-state index in [1.807, 2.05) is 0 Å². The van der Waals surface area contributed by atoms with Crippen LogP contribution in [0.2, 0.25) is 0 Å². The first-order valence-electron chi connectivity index (χ1n) is 11.2. The van der Waals surface area contributed by atoms with Crippen LogP contribution in [-0.2, 0) is 38.1 Å². The number of fused-ring (bicyclic) bond motifs is 1. The molecule has 2 aromatic heterocycles. The molecule has 17 heteroatoms. The van der Waals surface area contributed by atoms with Crippen molar-refractivity contribution in [2.75, 3.05) is 11.9 Å². The lowest BCUT2D eigenvalue weighted by molar-refractivity contribution is -0.239. The zero-order valence-electron chi connectivity index (χ0n) is 20.7. The normalized spacial score (nSPS) is 22.6. The number of carboxylic acid groups (broad SMARTS) is 1. The fourth-order valence-electron chi connectivity index (χ4n) is 3.76. The summed E-state index contributed by atoms with van der Waals surface area (Å²) in [6.07, 6.45) is -3.85. The molecular weight excluding hydrogens is 512 g/mol. The van der Waals surface area contributed by atoms with Gasteiger partial charge in [0.15, 0.2) is 47.6 Å². The first kappa shape index (κ1) is 28.2. The summed E-state index contributed by atoms with van der Waals surface area (Å²) in [5.74, 6) is -3.71. The van der Waals surface area contributed by atoms with Crippen LogP contribution in [0.5, 0.6) is 0 Å². The highest BCUT2D eigenvalue weighted by Gasteiger charge is 2.48. The highest BCUT2D eigenvalue weighted by atomic mass is 16.6. The minimum atomic E-state index is -1.59. The molecule has 0 aliphatic carbocycles. The topological polar surface area (TPSA) is 230 Å². The molecule has 0 unspecified atom stereocenters. The molecule has 0 aromatic carbocycles. The lowest BCUT2D eigenvalue weighted by Gasteiger charge is -2.40. The van der Waals surface area contributed by atoms with Gasteiger partial charge in [-0.25, -0.2) is 24.5 Å². The third kappa shape index (κ3) is 6.48. The number of ether oxygens (including phenoxy) is 4. The van der Waals surface area contributed by atoms with Gasteiger partial charge >= 0.3 is 29.9 Å². The molecule has 2 amide bonds. The lowest BCUT2D eigenvalue weighted by Crippen LogP contribution is -2.55. The van der Waals surface area contributed by atoms with E-state index >= 15 is 0 Å². The third-order valence-electron chi connectivity index (χ3n) is 5.22. The van der Waals surface area contributed by atoms with Crippen LogP contribution < -0.4 is 10.6 Å². The summed E-state index contributed by atoms with van der Waals surface area (Å²) in [6.45, 7) is 4.37. The number of imidazole rings is 1. The number of aromatic nitrogens is 4. The highest BCUT2D eigenvalue weighted by molar-refractivity contribution is 5.97. The number of carboxylic acids is 1. The first-order valence-corrected chi connectivity index (χ1v) is 11.2. The maximum Gasteiger partial charge on any atom is 0.328 e. The predicted octanol–water partition coefficient (Wildman–Crippen LogP) is -0.894. The summed E-state index contributed by atoms with van der Waals surface area (Å²) in [4.78, 5) is 71.2. The molecule has 4 N–H and O–H groups in total. The molecule has 3 rings (SSSR count). The van der Waals surface area contributed by atoms with E-state index < -0.39 is 66.6 Å². The van der Waals surface area contributed by atoms with Crippen LogP contribution in [0, 0.1) is 0 Å². The monoisotopic (exact) mass is 538 g/mol. The fourth-order valence-corrected chi connectivity index (χ4v) is 3.76. The number of nitrogens with one attached hydrogen (secondary N) is 2. The number of rotatable bonds is 8. The van der Waals surface area contributed by atoms with Crippen molar-refractivity contribution in [1.29, 1.82) is 0 Å². The minimum Gasteiger partial charge on any atom is -0.480 e. The Bertz CT molecular complexity index is 1230. The molecule has 38 heavy (non-hydrogen) atoms. The van der Waals surface area contributed by atoms with Crippen LogP contribution in [0.4, 0.5) is 10.6 Å². The summed E-state index contributed by atoms with van der Waals surface area (Å²) in [6, 6.07) is -2.58. The Morgan fingerprint density at radius 2 is 1.66 bits per heavy atom. The SMILES string of the molecule is CC(=O)O[C@@H]1[C@@H](OC(C)=O)[C@@H](n2cnc3c(NC(=O)N[C@H](C(=O)O)[C@@H](C)O)ncnc32)OC[C@H]1OC(C)=O. The summed E-state index contributed by atoms with van der Waals surface area (Å²) in [7, 11) is 0. The van der Waals surface area contributed by atoms with Gasteiger partial charge in [-0.05, 0) is 6.92 Å². The standard InChI is InChI=1S/C21H26N6O11/c1-8(28)13(20(32)33)25-21(34)26-17-14-18(23-6-22-17)27(7-24-14)19-16(38-11(4)31)15(37-10(3)30)12(5-35-19)36-9(2)29/h6-8,12-13,15-16,19,28H,5H2,1-4H3,(H,32,33)(H2,22,23,25,26,34)/t8-,12-,13+,15+,16-,19+/m1/s1. The maximum absolute atomic E-state index is 12.4. The van der Waals surface area contributed by atoms with Gasteiger partial charge in [-0.1, -0.05) is 0 Å². The van der Waals surface area contributed by atoms with Gasteiger partial charge in [-0.2, -0.15) is 0 Å². The van der Waals surface area contributed by atoms with E-state index in [1.165, 1.54) is 17.8 Å². The summed E-state index contributed by atoms with van der Waals surface area (Å²) < 4.78 is 23.1. The van der Waals surface area contributed by atoms with Gasteiger partial charge in [0.1, 0.15) is 6.33 Å². The Kier molecular flexibility index (Phi) is 8.74. The Morgan fingerprint density at radius 1 is 1.03 bits per heavy atom. The van der Waals surface area contributed by atoms with E-state index in [2.05, 4.69) is 25.6 Å². The molecule has 0 saturated carbocycles. The minimum absolute atomic E-state index is 0.0443. The molecule has 1 fully saturated rings.